The Bertz CT molecular complexity index is 381. The van der Waals surface area contributed by atoms with Gasteiger partial charge in [0.1, 0.15) is 0 Å². The third-order valence-electron chi connectivity index (χ3n) is 3.63. The van der Waals surface area contributed by atoms with Crippen molar-refractivity contribution in [1.82, 2.24) is 4.90 Å². The first-order valence-electron chi connectivity index (χ1n) is 7.19. The molecule has 1 aromatic carbocycles. The molecule has 0 spiro atoms. The number of nitrogens with two attached hydrogens (primary N) is 1. The summed E-state index contributed by atoms with van der Waals surface area (Å²) in [6.45, 7) is 5.04. The van der Waals surface area contributed by atoms with Gasteiger partial charge in [-0.2, -0.15) is 0 Å². The fraction of sp³-hybridized carbons (Fsp3) is 0.625. The topological polar surface area (TPSA) is 58.7 Å². The van der Waals surface area contributed by atoms with Crippen molar-refractivity contribution in [1.29, 1.82) is 0 Å². The van der Waals surface area contributed by atoms with Gasteiger partial charge in [0, 0.05) is 25.7 Å². The van der Waals surface area contributed by atoms with Crippen molar-refractivity contribution in [2.75, 3.05) is 27.3 Å². The third-order valence-corrected chi connectivity index (χ3v) is 3.63. The lowest BCUT2D eigenvalue weighted by Crippen LogP contribution is -2.42. The summed E-state index contributed by atoms with van der Waals surface area (Å²) in [5.41, 5.74) is 8.71. The highest BCUT2D eigenvalue weighted by molar-refractivity contribution is 5.25. The largest absolute Gasteiger partial charge is 0.389 e. The van der Waals surface area contributed by atoms with E-state index in [4.69, 9.17) is 10.5 Å². The number of hydrogen-bond donors (Lipinski definition) is 2. The Morgan fingerprint density at radius 2 is 1.90 bits per heavy atom. The van der Waals surface area contributed by atoms with E-state index in [0.717, 1.165) is 6.42 Å². The van der Waals surface area contributed by atoms with E-state index in [2.05, 4.69) is 43.0 Å². The van der Waals surface area contributed by atoms with Crippen LogP contribution in [0.15, 0.2) is 24.3 Å². The van der Waals surface area contributed by atoms with E-state index < -0.39 is 6.10 Å². The number of aliphatic hydroxyl groups excluding tert-OH is 1. The number of methoxy groups -OCH3 is 1. The summed E-state index contributed by atoms with van der Waals surface area (Å²) in [6.07, 6.45) is 0.394. The van der Waals surface area contributed by atoms with E-state index in [-0.39, 0.29) is 12.1 Å². The number of rotatable bonds is 8. The molecule has 3 N–H and O–H groups in total. The van der Waals surface area contributed by atoms with Crippen LogP contribution in [-0.4, -0.2) is 49.5 Å². The number of ether oxygens (including phenoxy) is 1. The van der Waals surface area contributed by atoms with Gasteiger partial charge in [0.15, 0.2) is 0 Å². The number of benzene rings is 1. The van der Waals surface area contributed by atoms with Crippen molar-refractivity contribution in [2.45, 2.75) is 38.5 Å². The van der Waals surface area contributed by atoms with Crippen molar-refractivity contribution < 1.29 is 9.84 Å². The summed E-state index contributed by atoms with van der Waals surface area (Å²) < 4.78 is 4.98. The summed E-state index contributed by atoms with van der Waals surface area (Å²) in [6, 6.07) is 8.59. The lowest BCUT2D eigenvalue weighted by Gasteiger charge is -2.34. The zero-order valence-electron chi connectivity index (χ0n) is 13.0. The van der Waals surface area contributed by atoms with Crippen molar-refractivity contribution in [3.05, 3.63) is 35.4 Å². The fourth-order valence-corrected chi connectivity index (χ4v) is 2.51. The van der Waals surface area contributed by atoms with E-state index in [1.54, 1.807) is 7.11 Å². The Morgan fingerprint density at radius 3 is 2.40 bits per heavy atom. The van der Waals surface area contributed by atoms with Crippen LogP contribution in [0.3, 0.4) is 0 Å². The third kappa shape index (κ3) is 4.87. The Labute approximate surface area is 122 Å². The first kappa shape index (κ1) is 17.1. The average Bonchev–Trinajstić information content (AvgIpc) is 2.41. The highest BCUT2D eigenvalue weighted by atomic mass is 16.5. The first-order chi connectivity index (χ1) is 9.49. The van der Waals surface area contributed by atoms with Gasteiger partial charge in [0.2, 0.25) is 0 Å². The molecular formula is C16H28N2O2. The van der Waals surface area contributed by atoms with Gasteiger partial charge in [-0.3, -0.25) is 4.90 Å². The maximum Gasteiger partial charge on any atom is 0.0900 e. The maximum atomic E-state index is 9.91. The second kappa shape index (κ2) is 8.37. The molecule has 1 aromatic rings. The van der Waals surface area contributed by atoms with E-state index in [0.29, 0.717) is 13.2 Å². The van der Waals surface area contributed by atoms with E-state index in [1.807, 2.05) is 7.05 Å². The van der Waals surface area contributed by atoms with Crippen molar-refractivity contribution in [3.63, 3.8) is 0 Å². The van der Waals surface area contributed by atoms with E-state index in [9.17, 15) is 5.11 Å². The van der Waals surface area contributed by atoms with Gasteiger partial charge in [-0.05, 0) is 26.0 Å². The summed E-state index contributed by atoms with van der Waals surface area (Å²) in [4.78, 5) is 2.11. The molecule has 0 fully saturated rings. The summed E-state index contributed by atoms with van der Waals surface area (Å²) >= 11 is 0. The lowest BCUT2D eigenvalue weighted by atomic mass is 9.95. The molecule has 3 unspecified atom stereocenters. The molecule has 0 saturated heterocycles. The van der Waals surface area contributed by atoms with Gasteiger partial charge in [0.25, 0.3) is 0 Å². The van der Waals surface area contributed by atoms with Crippen LogP contribution in [0, 0.1) is 6.92 Å². The molecule has 1 rings (SSSR count). The van der Waals surface area contributed by atoms with Crippen molar-refractivity contribution >= 4 is 0 Å². The maximum absolute atomic E-state index is 9.91. The molecular weight excluding hydrogens is 252 g/mol. The van der Waals surface area contributed by atoms with E-state index in [1.165, 1.54) is 11.1 Å². The van der Waals surface area contributed by atoms with Crippen LogP contribution in [0.1, 0.15) is 30.5 Å². The standard InChI is InChI=1S/C16H28N2O2/c1-5-15(17)16(13-8-6-12(2)7-9-13)18(3)10-14(19)11-20-4/h6-9,14-16,19H,5,10-11,17H2,1-4H3. The van der Waals surface area contributed by atoms with Crippen LogP contribution in [-0.2, 0) is 4.74 Å². The zero-order chi connectivity index (χ0) is 15.1. The van der Waals surface area contributed by atoms with Crippen LogP contribution in [0.2, 0.25) is 0 Å². The molecule has 0 heterocycles. The van der Waals surface area contributed by atoms with Crippen molar-refractivity contribution in [2.24, 2.45) is 5.73 Å². The Hall–Kier alpha value is -0.940. The molecule has 3 atom stereocenters. The quantitative estimate of drug-likeness (QED) is 0.761. The van der Waals surface area contributed by atoms with Crippen LogP contribution in [0.5, 0.6) is 0 Å². The normalized spacial score (nSPS) is 16.1. The Balaban J connectivity index is 2.86. The molecule has 0 radical (unpaired) electrons. The summed E-state index contributed by atoms with van der Waals surface area (Å²) in [5.74, 6) is 0. The number of likely N-dealkylation sites (N-methyl/N-ethyl adjacent to an activating group) is 1. The van der Waals surface area contributed by atoms with Gasteiger partial charge in [-0.15, -0.1) is 0 Å². The number of aryl methyl sites for hydroxylation is 1. The highest BCUT2D eigenvalue weighted by Gasteiger charge is 2.24. The van der Waals surface area contributed by atoms with Gasteiger partial charge in [0.05, 0.1) is 12.7 Å². The number of aliphatic hydroxyl groups is 1. The Kier molecular flexibility index (Phi) is 7.16. The van der Waals surface area contributed by atoms with Crippen LogP contribution in [0.4, 0.5) is 0 Å². The van der Waals surface area contributed by atoms with Gasteiger partial charge in [-0.1, -0.05) is 36.8 Å². The molecule has 4 heteroatoms. The average molecular weight is 280 g/mol. The molecule has 0 aromatic heterocycles. The fourth-order valence-electron chi connectivity index (χ4n) is 2.51. The molecule has 0 amide bonds. The Morgan fingerprint density at radius 1 is 1.30 bits per heavy atom. The minimum Gasteiger partial charge on any atom is -0.389 e. The van der Waals surface area contributed by atoms with Gasteiger partial charge >= 0.3 is 0 Å². The monoisotopic (exact) mass is 280 g/mol. The predicted octanol–water partition coefficient (Wildman–Crippen LogP) is 1.71. The first-order valence-corrected chi connectivity index (χ1v) is 7.19. The second-order valence-electron chi connectivity index (χ2n) is 5.48. The molecule has 114 valence electrons. The van der Waals surface area contributed by atoms with Crippen LogP contribution in [0.25, 0.3) is 0 Å². The van der Waals surface area contributed by atoms with Crippen LogP contribution >= 0.6 is 0 Å². The summed E-state index contributed by atoms with van der Waals surface area (Å²) in [5, 5.41) is 9.91. The minimum absolute atomic E-state index is 0.0393. The predicted molar refractivity (Wildman–Crippen MR) is 82.7 cm³/mol. The molecule has 0 aliphatic heterocycles. The molecule has 20 heavy (non-hydrogen) atoms. The van der Waals surface area contributed by atoms with Gasteiger partial charge in [-0.25, -0.2) is 0 Å². The molecule has 0 saturated carbocycles. The smallest absolute Gasteiger partial charge is 0.0900 e. The van der Waals surface area contributed by atoms with Gasteiger partial charge < -0.3 is 15.6 Å². The lowest BCUT2D eigenvalue weighted by molar-refractivity contribution is 0.0309. The summed E-state index contributed by atoms with van der Waals surface area (Å²) in [7, 11) is 3.59. The zero-order valence-corrected chi connectivity index (χ0v) is 13.0. The molecule has 0 aliphatic carbocycles. The molecule has 0 bridgehead atoms. The number of nitrogens with zero attached hydrogens (tertiary/aromatic N) is 1. The van der Waals surface area contributed by atoms with E-state index >= 15 is 0 Å². The SMILES string of the molecule is CCC(N)C(c1ccc(C)cc1)N(C)CC(O)COC. The highest BCUT2D eigenvalue weighted by Crippen LogP contribution is 2.24. The molecule has 4 nitrogen and oxygen atoms in total. The second-order valence-corrected chi connectivity index (χ2v) is 5.48. The number of hydrogen-bond acceptors (Lipinski definition) is 4. The van der Waals surface area contributed by atoms with Crippen molar-refractivity contribution in [3.8, 4) is 0 Å². The minimum atomic E-state index is -0.498. The van der Waals surface area contributed by atoms with Crippen LogP contribution < -0.4 is 5.73 Å². The molecule has 0 aliphatic rings.